The van der Waals surface area contributed by atoms with E-state index in [0.29, 0.717) is 18.8 Å². The van der Waals surface area contributed by atoms with Crippen LogP contribution in [0.5, 0.6) is 11.5 Å². The van der Waals surface area contributed by atoms with Crippen molar-refractivity contribution in [2.45, 2.75) is 25.0 Å². The minimum absolute atomic E-state index is 0.0527. The van der Waals surface area contributed by atoms with E-state index < -0.39 is 4.92 Å². The summed E-state index contributed by atoms with van der Waals surface area (Å²) in [4.78, 5) is 26.5. The van der Waals surface area contributed by atoms with Crippen molar-refractivity contribution in [3.05, 3.63) is 58.6 Å². The van der Waals surface area contributed by atoms with Crippen molar-refractivity contribution in [1.82, 2.24) is 4.90 Å². The van der Waals surface area contributed by atoms with Gasteiger partial charge in [0.1, 0.15) is 23.7 Å². The first-order valence-electron chi connectivity index (χ1n) is 10.3. The Balaban J connectivity index is 1.24. The number of ether oxygens (including phenoxy) is 3. The van der Waals surface area contributed by atoms with Crippen molar-refractivity contribution in [1.29, 1.82) is 0 Å². The number of nitro benzene ring substituents is 1. The number of piperidine rings is 1. The third kappa shape index (κ3) is 5.05. The van der Waals surface area contributed by atoms with E-state index in [9.17, 15) is 14.9 Å². The smallest absolute Gasteiger partial charge is 0.414 e. The van der Waals surface area contributed by atoms with E-state index in [2.05, 4.69) is 4.90 Å². The highest BCUT2D eigenvalue weighted by Crippen LogP contribution is 2.26. The monoisotopic (exact) mass is 427 g/mol. The molecule has 2 aliphatic heterocycles. The zero-order chi connectivity index (χ0) is 21.8. The van der Waals surface area contributed by atoms with Crippen LogP contribution in [-0.2, 0) is 4.74 Å². The van der Waals surface area contributed by atoms with E-state index in [1.165, 1.54) is 12.1 Å². The number of carbonyl (C=O) groups is 1. The predicted octanol–water partition coefficient (Wildman–Crippen LogP) is 3.47. The molecule has 0 radical (unpaired) electrons. The summed E-state index contributed by atoms with van der Waals surface area (Å²) in [6.07, 6.45) is 1.26. The van der Waals surface area contributed by atoms with Gasteiger partial charge in [-0.2, -0.15) is 0 Å². The van der Waals surface area contributed by atoms with Crippen LogP contribution in [-0.4, -0.2) is 61.4 Å². The molecule has 4 rings (SSSR count). The number of rotatable bonds is 7. The number of non-ortho nitro benzene ring substituents is 1. The van der Waals surface area contributed by atoms with Crippen LogP contribution in [0.2, 0.25) is 0 Å². The van der Waals surface area contributed by atoms with Gasteiger partial charge in [0.15, 0.2) is 0 Å². The van der Waals surface area contributed by atoms with Crippen molar-refractivity contribution >= 4 is 17.5 Å². The Hall–Kier alpha value is -3.33. The van der Waals surface area contributed by atoms with Crippen LogP contribution >= 0.6 is 0 Å². The number of anilines is 1. The summed E-state index contributed by atoms with van der Waals surface area (Å²) in [5.41, 5.74) is 0.848. The van der Waals surface area contributed by atoms with Gasteiger partial charge in [-0.05, 0) is 49.2 Å². The van der Waals surface area contributed by atoms with Gasteiger partial charge >= 0.3 is 6.09 Å². The molecule has 1 amide bonds. The molecule has 9 heteroatoms. The molecule has 2 aromatic carbocycles. The molecule has 1 atom stereocenters. The van der Waals surface area contributed by atoms with Gasteiger partial charge in [-0.25, -0.2) is 4.79 Å². The molecular weight excluding hydrogens is 402 g/mol. The standard InChI is InChI=1S/C22H25N3O6/c1-29-18-6-2-16(3-7-18)24-15-21(31-22(24)26)14-23-12-10-20(11-13-23)30-19-8-4-17(5-9-19)25(27)28/h2-9,20-21H,10-15H2,1H3. The largest absolute Gasteiger partial charge is 0.497 e. The van der Waals surface area contributed by atoms with Crippen molar-refractivity contribution in [2.24, 2.45) is 0 Å². The first-order valence-corrected chi connectivity index (χ1v) is 10.3. The number of methoxy groups -OCH3 is 1. The summed E-state index contributed by atoms with van der Waals surface area (Å²) in [5.74, 6) is 1.38. The predicted molar refractivity (Wildman–Crippen MR) is 114 cm³/mol. The summed E-state index contributed by atoms with van der Waals surface area (Å²) >= 11 is 0. The average molecular weight is 427 g/mol. The molecule has 2 aliphatic rings. The quantitative estimate of drug-likeness (QED) is 0.493. The Bertz CT molecular complexity index is 910. The van der Waals surface area contributed by atoms with E-state index in [1.807, 2.05) is 24.3 Å². The third-order valence-corrected chi connectivity index (χ3v) is 5.60. The highest BCUT2D eigenvalue weighted by atomic mass is 16.6. The maximum atomic E-state index is 12.3. The number of cyclic esters (lactones) is 1. The first-order chi connectivity index (χ1) is 15.0. The molecular formula is C22H25N3O6. The molecule has 9 nitrogen and oxygen atoms in total. The van der Waals surface area contributed by atoms with Crippen LogP contribution in [0.1, 0.15) is 12.8 Å². The zero-order valence-corrected chi connectivity index (χ0v) is 17.3. The molecule has 0 bridgehead atoms. The van der Waals surface area contributed by atoms with Crippen LogP contribution in [0, 0.1) is 10.1 Å². The number of carbonyl (C=O) groups excluding carboxylic acids is 1. The molecule has 2 aromatic rings. The van der Waals surface area contributed by atoms with Crippen LogP contribution in [0.4, 0.5) is 16.2 Å². The van der Waals surface area contributed by atoms with E-state index in [0.717, 1.165) is 37.4 Å². The number of likely N-dealkylation sites (tertiary alicyclic amines) is 1. The molecule has 0 saturated carbocycles. The van der Waals surface area contributed by atoms with Gasteiger partial charge in [0.25, 0.3) is 5.69 Å². The number of nitro groups is 1. The van der Waals surface area contributed by atoms with Gasteiger partial charge < -0.3 is 14.2 Å². The van der Waals surface area contributed by atoms with E-state index in [4.69, 9.17) is 14.2 Å². The molecule has 2 fully saturated rings. The van der Waals surface area contributed by atoms with Crippen molar-refractivity contribution < 1.29 is 23.9 Å². The Morgan fingerprint density at radius 1 is 1.06 bits per heavy atom. The molecule has 0 N–H and O–H groups in total. The summed E-state index contributed by atoms with van der Waals surface area (Å²) in [7, 11) is 1.61. The second kappa shape index (κ2) is 9.22. The van der Waals surface area contributed by atoms with E-state index >= 15 is 0 Å². The fourth-order valence-corrected chi connectivity index (χ4v) is 3.93. The van der Waals surface area contributed by atoms with Crippen molar-refractivity contribution in [3.63, 3.8) is 0 Å². The minimum Gasteiger partial charge on any atom is -0.497 e. The van der Waals surface area contributed by atoms with Crippen molar-refractivity contribution in [2.75, 3.05) is 38.2 Å². The number of hydrogen-bond acceptors (Lipinski definition) is 7. The lowest BCUT2D eigenvalue weighted by Crippen LogP contribution is -2.42. The normalized spacial score (nSPS) is 19.8. The number of amides is 1. The highest BCUT2D eigenvalue weighted by Gasteiger charge is 2.34. The summed E-state index contributed by atoms with van der Waals surface area (Å²) in [6.45, 7) is 2.88. The zero-order valence-electron chi connectivity index (χ0n) is 17.3. The Morgan fingerprint density at radius 2 is 1.71 bits per heavy atom. The molecule has 164 valence electrons. The second-order valence-electron chi connectivity index (χ2n) is 7.68. The number of nitrogens with zero attached hydrogens (tertiary/aromatic N) is 3. The minimum atomic E-state index is -0.423. The lowest BCUT2D eigenvalue weighted by Gasteiger charge is -2.33. The lowest BCUT2D eigenvalue weighted by molar-refractivity contribution is -0.384. The molecule has 0 aromatic heterocycles. The van der Waals surface area contributed by atoms with Gasteiger partial charge in [-0.15, -0.1) is 0 Å². The maximum Gasteiger partial charge on any atom is 0.414 e. The SMILES string of the molecule is COc1ccc(N2CC(CN3CCC(Oc4ccc([N+](=O)[O-])cc4)CC3)OC2=O)cc1. The van der Waals surface area contributed by atoms with Crippen LogP contribution in [0.25, 0.3) is 0 Å². The van der Waals surface area contributed by atoms with Crippen LogP contribution < -0.4 is 14.4 Å². The van der Waals surface area contributed by atoms with Crippen LogP contribution in [0.3, 0.4) is 0 Å². The first kappa shape index (κ1) is 20.9. The fraction of sp³-hybridized carbons (Fsp3) is 0.409. The molecule has 0 spiro atoms. The highest BCUT2D eigenvalue weighted by molar-refractivity contribution is 5.89. The summed E-state index contributed by atoms with van der Waals surface area (Å²) < 4.78 is 16.7. The third-order valence-electron chi connectivity index (χ3n) is 5.60. The number of benzene rings is 2. The summed E-state index contributed by atoms with van der Waals surface area (Å²) in [6, 6.07) is 13.5. The summed E-state index contributed by atoms with van der Waals surface area (Å²) in [5, 5.41) is 10.7. The molecule has 2 saturated heterocycles. The Labute approximate surface area is 180 Å². The van der Waals surface area contributed by atoms with Gasteiger partial charge in [-0.1, -0.05) is 0 Å². The molecule has 0 aliphatic carbocycles. The maximum absolute atomic E-state index is 12.3. The van der Waals surface area contributed by atoms with E-state index in [1.54, 1.807) is 24.1 Å². The van der Waals surface area contributed by atoms with Crippen molar-refractivity contribution in [3.8, 4) is 11.5 Å². The Kier molecular flexibility index (Phi) is 6.22. The lowest BCUT2D eigenvalue weighted by atomic mass is 10.1. The number of hydrogen-bond donors (Lipinski definition) is 0. The Morgan fingerprint density at radius 3 is 2.32 bits per heavy atom. The molecule has 31 heavy (non-hydrogen) atoms. The molecule has 1 unspecified atom stereocenters. The average Bonchev–Trinajstić information content (AvgIpc) is 3.15. The molecule has 2 heterocycles. The van der Waals surface area contributed by atoms with E-state index in [-0.39, 0.29) is 24.0 Å². The second-order valence-corrected chi connectivity index (χ2v) is 7.68. The van der Waals surface area contributed by atoms with Gasteiger partial charge in [-0.3, -0.25) is 19.9 Å². The van der Waals surface area contributed by atoms with Gasteiger partial charge in [0.2, 0.25) is 0 Å². The fourth-order valence-electron chi connectivity index (χ4n) is 3.93. The van der Waals surface area contributed by atoms with Crippen LogP contribution in [0.15, 0.2) is 48.5 Å². The van der Waals surface area contributed by atoms with Gasteiger partial charge in [0, 0.05) is 37.5 Å². The topological polar surface area (TPSA) is 94.4 Å². The van der Waals surface area contributed by atoms with Gasteiger partial charge in [0.05, 0.1) is 18.6 Å².